The van der Waals surface area contributed by atoms with Crippen LogP contribution in [-0.4, -0.2) is 12.0 Å². The second kappa shape index (κ2) is 5.02. The highest BCUT2D eigenvalue weighted by Crippen LogP contribution is 2.34. The monoisotopic (exact) mass is 276 g/mol. The number of rotatable bonds is 3. The molecule has 1 aliphatic rings. The van der Waals surface area contributed by atoms with Crippen LogP contribution >= 0.6 is 11.3 Å². The van der Waals surface area contributed by atoms with Crippen molar-refractivity contribution < 1.29 is 4.39 Å². The van der Waals surface area contributed by atoms with Gasteiger partial charge in [-0.15, -0.1) is 11.3 Å². The standard InChI is InChI=1S/C15H17FN2S/c1-9-6-7-10(16)8-11(9)14(17-2)15-18-12-4-3-5-13(12)19-15/h6-8,14,17H,3-5H2,1-2H3. The first-order valence-electron chi connectivity index (χ1n) is 6.61. The first-order valence-corrected chi connectivity index (χ1v) is 7.42. The smallest absolute Gasteiger partial charge is 0.123 e. The fourth-order valence-corrected chi connectivity index (χ4v) is 3.95. The number of fused-ring (bicyclic) bond motifs is 1. The van der Waals surface area contributed by atoms with E-state index in [1.165, 1.54) is 23.1 Å². The number of nitrogens with one attached hydrogen (secondary N) is 1. The van der Waals surface area contributed by atoms with Crippen molar-refractivity contribution >= 4 is 11.3 Å². The molecule has 1 heterocycles. The zero-order valence-electron chi connectivity index (χ0n) is 11.2. The summed E-state index contributed by atoms with van der Waals surface area (Å²) in [6.45, 7) is 2.01. The molecule has 1 aliphatic carbocycles. The van der Waals surface area contributed by atoms with E-state index in [2.05, 4.69) is 5.32 Å². The molecule has 1 unspecified atom stereocenters. The van der Waals surface area contributed by atoms with E-state index in [1.54, 1.807) is 17.4 Å². The molecule has 0 radical (unpaired) electrons. The lowest BCUT2D eigenvalue weighted by atomic mass is 10.0. The van der Waals surface area contributed by atoms with Crippen molar-refractivity contribution in [1.82, 2.24) is 10.3 Å². The number of aromatic nitrogens is 1. The molecule has 0 saturated heterocycles. The van der Waals surface area contributed by atoms with Crippen molar-refractivity contribution in [2.75, 3.05) is 7.05 Å². The minimum atomic E-state index is -0.190. The molecule has 3 rings (SSSR count). The zero-order valence-corrected chi connectivity index (χ0v) is 12.0. The van der Waals surface area contributed by atoms with Gasteiger partial charge in [-0.05, 0) is 56.5 Å². The lowest BCUT2D eigenvalue weighted by Gasteiger charge is -2.16. The molecule has 1 aromatic heterocycles. The molecule has 2 aromatic rings. The molecular weight excluding hydrogens is 259 g/mol. The van der Waals surface area contributed by atoms with Crippen LogP contribution in [0.4, 0.5) is 4.39 Å². The number of aryl methyl sites for hydroxylation is 3. The van der Waals surface area contributed by atoms with Gasteiger partial charge in [0.1, 0.15) is 10.8 Å². The van der Waals surface area contributed by atoms with Crippen LogP contribution in [0.15, 0.2) is 18.2 Å². The van der Waals surface area contributed by atoms with Gasteiger partial charge in [0.05, 0.1) is 11.7 Å². The summed E-state index contributed by atoms with van der Waals surface area (Å²) in [5, 5.41) is 4.33. The molecule has 0 amide bonds. The molecule has 1 aromatic carbocycles. The predicted octanol–water partition coefficient (Wildman–Crippen LogP) is 3.39. The second-order valence-electron chi connectivity index (χ2n) is 5.00. The number of hydrogen-bond donors (Lipinski definition) is 1. The Bertz CT molecular complexity index is 585. The van der Waals surface area contributed by atoms with Crippen molar-refractivity contribution in [3.05, 3.63) is 50.7 Å². The Morgan fingerprint density at radius 3 is 2.95 bits per heavy atom. The minimum absolute atomic E-state index is 0.00806. The van der Waals surface area contributed by atoms with Crippen molar-refractivity contribution in [1.29, 1.82) is 0 Å². The topological polar surface area (TPSA) is 24.9 Å². The van der Waals surface area contributed by atoms with E-state index < -0.39 is 0 Å². The third-order valence-corrected chi connectivity index (χ3v) is 4.92. The van der Waals surface area contributed by atoms with Crippen molar-refractivity contribution in [3.63, 3.8) is 0 Å². The SMILES string of the molecule is CNC(c1nc2c(s1)CCC2)c1cc(F)ccc1C. The van der Waals surface area contributed by atoms with Crippen molar-refractivity contribution in [2.45, 2.75) is 32.2 Å². The van der Waals surface area contributed by atoms with Crippen LogP contribution in [0.25, 0.3) is 0 Å². The Morgan fingerprint density at radius 2 is 2.21 bits per heavy atom. The van der Waals surface area contributed by atoms with Gasteiger partial charge in [-0.2, -0.15) is 0 Å². The molecule has 0 aliphatic heterocycles. The molecule has 1 atom stereocenters. The third-order valence-electron chi connectivity index (χ3n) is 3.70. The van der Waals surface area contributed by atoms with Crippen LogP contribution in [0.1, 0.15) is 39.2 Å². The largest absolute Gasteiger partial charge is 0.307 e. The van der Waals surface area contributed by atoms with Crippen LogP contribution in [0.5, 0.6) is 0 Å². The number of thiazole rings is 1. The van der Waals surface area contributed by atoms with E-state index in [-0.39, 0.29) is 11.9 Å². The van der Waals surface area contributed by atoms with E-state index >= 15 is 0 Å². The van der Waals surface area contributed by atoms with Gasteiger partial charge in [0.15, 0.2) is 0 Å². The Kier molecular flexibility index (Phi) is 3.37. The maximum absolute atomic E-state index is 13.5. The first-order chi connectivity index (χ1) is 9.19. The van der Waals surface area contributed by atoms with E-state index in [4.69, 9.17) is 4.98 Å². The molecule has 0 saturated carbocycles. The molecular formula is C15H17FN2S. The second-order valence-corrected chi connectivity index (χ2v) is 6.11. The molecule has 1 N–H and O–H groups in total. The predicted molar refractivity (Wildman–Crippen MR) is 76.2 cm³/mol. The molecule has 4 heteroatoms. The van der Waals surface area contributed by atoms with Crippen LogP contribution in [-0.2, 0) is 12.8 Å². The molecule has 100 valence electrons. The number of nitrogens with zero attached hydrogens (tertiary/aromatic N) is 1. The maximum Gasteiger partial charge on any atom is 0.123 e. The molecule has 0 fully saturated rings. The van der Waals surface area contributed by atoms with Gasteiger partial charge in [0.25, 0.3) is 0 Å². The van der Waals surface area contributed by atoms with Crippen LogP contribution in [0.3, 0.4) is 0 Å². The van der Waals surface area contributed by atoms with E-state index in [9.17, 15) is 4.39 Å². The molecule has 0 spiro atoms. The lowest BCUT2D eigenvalue weighted by molar-refractivity contribution is 0.614. The van der Waals surface area contributed by atoms with Gasteiger partial charge in [-0.25, -0.2) is 9.37 Å². The van der Waals surface area contributed by atoms with Gasteiger partial charge >= 0.3 is 0 Å². The molecule has 2 nitrogen and oxygen atoms in total. The Morgan fingerprint density at radius 1 is 1.37 bits per heavy atom. The Balaban J connectivity index is 2.01. The average Bonchev–Trinajstić information content (AvgIpc) is 2.95. The van der Waals surface area contributed by atoms with Gasteiger partial charge in [0.2, 0.25) is 0 Å². The number of halogens is 1. The summed E-state index contributed by atoms with van der Waals surface area (Å²) >= 11 is 1.77. The summed E-state index contributed by atoms with van der Waals surface area (Å²) < 4.78 is 13.5. The van der Waals surface area contributed by atoms with Crippen LogP contribution in [0.2, 0.25) is 0 Å². The van der Waals surface area contributed by atoms with Crippen LogP contribution in [0, 0.1) is 12.7 Å². The van der Waals surface area contributed by atoms with Crippen molar-refractivity contribution in [3.8, 4) is 0 Å². The Labute approximate surface area is 116 Å². The lowest BCUT2D eigenvalue weighted by Crippen LogP contribution is -2.18. The summed E-state index contributed by atoms with van der Waals surface area (Å²) in [6.07, 6.45) is 3.45. The fourth-order valence-electron chi connectivity index (χ4n) is 2.67. The van der Waals surface area contributed by atoms with E-state index in [0.717, 1.165) is 29.0 Å². The van der Waals surface area contributed by atoms with Gasteiger partial charge < -0.3 is 5.32 Å². The normalized spacial score (nSPS) is 15.5. The summed E-state index contributed by atoms with van der Waals surface area (Å²) in [6, 6.07) is 4.94. The fraction of sp³-hybridized carbons (Fsp3) is 0.400. The number of hydrogen-bond acceptors (Lipinski definition) is 3. The van der Waals surface area contributed by atoms with E-state index in [0.29, 0.717) is 0 Å². The van der Waals surface area contributed by atoms with E-state index in [1.807, 2.05) is 20.0 Å². The highest BCUT2D eigenvalue weighted by atomic mass is 32.1. The Hall–Kier alpha value is -1.26. The highest BCUT2D eigenvalue weighted by Gasteiger charge is 2.23. The van der Waals surface area contributed by atoms with Crippen molar-refractivity contribution in [2.24, 2.45) is 0 Å². The van der Waals surface area contributed by atoms with Gasteiger partial charge in [-0.3, -0.25) is 0 Å². The summed E-state index contributed by atoms with van der Waals surface area (Å²) in [5.41, 5.74) is 3.32. The highest BCUT2D eigenvalue weighted by molar-refractivity contribution is 7.11. The maximum atomic E-state index is 13.5. The number of benzene rings is 1. The molecule has 0 bridgehead atoms. The minimum Gasteiger partial charge on any atom is -0.307 e. The third kappa shape index (κ3) is 2.30. The summed E-state index contributed by atoms with van der Waals surface area (Å²) in [5.74, 6) is -0.190. The molecule has 19 heavy (non-hydrogen) atoms. The summed E-state index contributed by atoms with van der Waals surface area (Å²) in [7, 11) is 1.90. The summed E-state index contributed by atoms with van der Waals surface area (Å²) in [4.78, 5) is 6.15. The van der Waals surface area contributed by atoms with Gasteiger partial charge in [0, 0.05) is 4.88 Å². The zero-order chi connectivity index (χ0) is 13.4. The van der Waals surface area contributed by atoms with Gasteiger partial charge in [-0.1, -0.05) is 6.07 Å². The van der Waals surface area contributed by atoms with Crippen LogP contribution < -0.4 is 5.32 Å². The first kappa shape index (κ1) is 12.8. The average molecular weight is 276 g/mol. The quantitative estimate of drug-likeness (QED) is 0.929.